The Kier molecular flexibility index (Phi) is 8.50. The first-order chi connectivity index (χ1) is 15.6. The van der Waals surface area contributed by atoms with Crippen LogP contribution in [0.5, 0.6) is 5.75 Å². The zero-order chi connectivity index (χ0) is 22.6. The number of para-hydroxylation sites is 1. The van der Waals surface area contributed by atoms with E-state index in [1.807, 2.05) is 72.8 Å². The van der Waals surface area contributed by atoms with E-state index in [0.717, 1.165) is 17.0 Å². The Morgan fingerprint density at radius 3 is 2.12 bits per heavy atom. The zero-order valence-electron chi connectivity index (χ0n) is 18.0. The molecule has 0 heterocycles. The lowest BCUT2D eigenvalue weighted by Gasteiger charge is -2.19. The van der Waals surface area contributed by atoms with E-state index in [-0.39, 0.29) is 5.91 Å². The van der Waals surface area contributed by atoms with Gasteiger partial charge in [0.05, 0.1) is 7.11 Å². The van der Waals surface area contributed by atoms with Crippen LogP contribution >= 0.6 is 0 Å². The second kappa shape index (κ2) is 12.0. The minimum Gasteiger partial charge on any atom is -0.497 e. The Bertz CT molecular complexity index is 979. The molecule has 0 bridgehead atoms. The smallest absolute Gasteiger partial charge is 0.319 e. The highest BCUT2D eigenvalue weighted by molar-refractivity contribution is 5.93. The van der Waals surface area contributed by atoms with E-state index in [1.54, 1.807) is 19.2 Å². The molecule has 1 atom stereocenters. The topological polar surface area (TPSA) is 91.5 Å². The van der Waals surface area contributed by atoms with Crippen LogP contribution in [-0.4, -0.2) is 38.2 Å². The van der Waals surface area contributed by atoms with Crippen molar-refractivity contribution in [2.75, 3.05) is 30.8 Å². The summed E-state index contributed by atoms with van der Waals surface area (Å²) in [4.78, 5) is 25.3. The zero-order valence-corrected chi connectivity index (χ0v) is 18.0. The van der Waals surface area contributed by atoms with E-state index in [2.05, 4.69) is 21.3 Å². The van der Waals surface area contributed by atoms with Crippen molar-refractivity contribution in [2.24, 2.45) is 0 Å². The van der Waals surface area contributed by atoms with Crippen molar-refractivity contribution >= 4 is 23.3 Å². The summed E-state index contributed by atoms with van der Waals surface area (Å²) < 4.78 is 5.15. The SMILES string of the molecule is COc1ccc(NCCNC(=O)C(Cc2ccccc2)NC(=O)Nc2ccccc2)cc1. The quantitative estimate of drug-likeness (QED) is 0.368. The molecule has 32 heavy (non-hydrogen) atoms. The molecule has 3 aromatic rings. The van der Waals surface area contributed by atoms with Crippen molar-refractivity contribution in [3.05, 3.63) is 90.5 Å². The number of carbonyl (C=O) groups is 2. The van der Waals surface area contributed by atoms with Gasteiger partial charge in [-0.15, -0.1) is 0 Å². The third-order valence-electron chi connectivity index (χ3n) is 4.78. The summed E-state index contributed by atoms with van der Waals surface area (Å²) in [7, 11) is 1.62. The molecule has 0 aromatic heterocycles. The highest BCUT2D eigenvalue weighted by atomic mass is 16.5. The lowest BCUT2D eigenvalue weighted by atomic mass is 10.1. The standard InChI is InChI=1S/C25H28N4O3/c1-32-22-14-12-20(13-15-22)26-16-17-27-24(30)23(18-19-8-4-2-5-9-19)29-25(31)28-21-10-6-3-7-11-21/h2-15,23,26H,16-18H2,1H3,(H,27,30)(H2,28,29,31). The van der Waals surface area contributed by atoms with Crippen molar-refractivity contribution in [3.63, 3.8) is 0 Å². The number of urea groups is 1. The van der Waals surface area contributed by atoms with Crippen molar-refractivity contribution in [2.45, 2.75) is 12.5 Å². The summed E-state index contributed by atoms with van der Waals surface area (Å²) in [5.74, 6) is 0.543. The molecule has 0 fully saturated rings. The Morgan fingerprint density at radius 2 is 1.47 bits per heavy atom. The van der Waals surface area contributed by atoms with Gasteiger partial charge in [0.25, 0.3) is 0 Å². The van der Waals surface area contributed by atoms with Crippen LogP contribution in [0.3, 0.4) is 0 Å². The molecule has 0 aliphatic rings. The van der Waals surface area contributed by atoms with Crippen molar-refractivity contribution in [1.82, 2.24) is 10.6 Å². The highest BCUT2D eigenvalue weighted by Gasteiger charge is 2.21. The van der Waals surface area contributed by atoms with Crippen molar-refractivity contribution < 1.29 is 14.3 Å². The van der Waals surface area contributed by atoms with Gasteiger partial charge in [0.2, 0.25) is 5.91 Å². The van der Waals surface area contributed by atoms with Crippen LogP contribution in [0.25, 0.3) is 0 Å². The minimum absolute atomic E-state index is 0.242. The summed E-state index contributed by atoms with van der Waals surface area (Å²) in [5.41, 5.74) is 2.55. The summed E-state index contributed by atoms with van der Waals surface area (Å²) >= 11 is 0. The second-order valence-corrected chi connectivity index (χ2v) is 7.15. The molecule has 0 aliphatic carbocycles. The highest BCUT2D eigenvalue weighted by Crippen LogP contribution is 2.14. The number of nitrogens with one attached hydrogen (secondary N) is 4. The number of benzene rings is 3. The number of rotatable bonds is 10. The maximum Gasteiger partial charge on any atom is 0.319 e. The van der Waals surface area contributed by atoms with Crippen LogP contribution in [0.2, 0.25) is 0 Å². The van der Waals surface area contributed by atoms with E-state index >= 15 is 0 Å². The predicted molar refractivity (Wildman–Crippen MR) is 127 cm³/mol. The molecule has 0 saturated carbocycles. The van der Waals surface area contributed by atoms with Crippen LogP contribution in [0.15, 0.2) is 84.9 Å². The molecular weight excluding hydrogens is 404 g/mol. The number of amides is 3. The fraction of sp³-hybridized carbons (Fsp3) is 0.200. The van der Waals surface area contributed by atoms with E-state index < -0.39 is 12.1 Å². The average molecular weight is 433 g/mol. The number of anilines is 2. The van der Waals surface area contributed by atoms with Crippen LogP contribution < -0.4 is 26.0 Å². The first kappa shape index (κ1) is 22.7. The van der Waals surface area contributed by atoms with Gasteiger partial charge in [-0.3, -0.25) is 4.79 Å². The number of hydrogen-bond donors (Lipinski definition) is 4. The van der Waals surface area contributed by atoms with E-state index in [1.165, 1.54) is 0 Å². The van der Waals surface area contributed by atoms with Gasteiger partial charge in [-0.1, -0.05) is 48.5 Å². The largest absolute Gasteiger partial charge is 0.497 e. The van der Waals surface area contributed by atoms with Gasteiger partial charge >= 0.3 is 6.03 Å². The summed E-state index contributed by atoms with van der Waals surface area (Å²) in [6, 6.07) is 25.1. The third-order valence-corrected chi connectivity index (χ3v) is 4.78. The maximum atomic E-state index is 12.8. The molecule has 0 spiro atoms. The molecule has 0 radical (unpaired) electrons. The first-order valence-corrected chi connectivity index (χ1v) is 10.5. The van der Waals surface area contributed by atoms with E-state index in [0.29, 0.717) is 25.2 Å². The molecule has 0 aliphatic heterocycles. The summed E-state index contributed by atoms with van der Waals surface area (Å²) in [6.45, 7) is 0.963. The number of ether oxygens (including phenoxy) is 1. The Labute approximate surface area is 188 Å². The predicted octanol–water partition coefficient (Wildman–Crippen LogP) is 3.66. The monoisotopic (exact) mass is 432 g/mol. The maximum absolute atomic E-state index is 12.8. The van der Waals surface area contributed by atoms with E-state index in [9.17, 15) is 9.59 Å². The fourth-order valence-corrected chi connectivity index (χ4v) is 3.13. The number of carbonyl (C=O) groups excluding carboxylic acids is 2. The molecule has 166 valence electrons. The van der Waals surface area contributed by atoms with Crippen LogP contribution in [0.1, 0.15) is 5.56 Å². The summed E-state index contributed by atoms with van der Waals surface area (Å²) in [6.07, 6.45) is 0.390. The van der Waals surface area contributed by atoms with Gasteiger partial charge in [0.1, 0.15) is 11.8 Å². The normalized spacial score (nSPS) is 11.2. The van der Waals surface area contributed by atoms with Crippen LogP contribution in [-0.2, 0) is 11.2 Å². The lowest BCUT2D eigenvalue weighted by Crippen LogP contribution is -2.50. The van der Waals surface area contributed by atoms with Crippen LogP contribution in [0.4, 0.5) is 16.2 Å². The molecular formula is C25H28N4O3. The Morgan fingerprint density at radius 1 is 0.812 bits per heavy atom. The number of hydrogen-bond acceptors (Lipinski definition) is 4. The van der Waals surface area contributed by atoms with Crippen molar-refractivity contribution in [3.8, 4) is 5.75 Å². The average Bonchev–Trinajstić information content (AvgIpc) is 2.83. The van der Waals surface area contributed by atoms with Gasteiger partial charge < -0.3 is 26.0 Å². The second-order valence-electron chi connectivity index (χ2n) is 7.15. The third kappa shape index (κ3) is 7.36. The van der Waals surface area contributed by atoms with E-state index in [4.69, 9.17) is 4.74 Å². The molecule has 0 saturated heterocycles. The molecule has 3 aromatic carbocycles. The Balaban J connectivity index is 1.53. The van der Waals surface area contributed by atoms with Crippen molar-refractivity contribution in [1.29, 1.82) is 0 Å². The lowest BCUT2D eigenvalue weighted by molar-refractivity contribution is -0.122. The molecule has 3 rings (SSSR count). The molecule has 7 heteroatoms. The molecule has 3 amide bonds. The van der Waals surface area contributed by atoms with Gasteiger partial charge in [-0.25, -0.2) is 4.79 Å². The first-order valence-electron chi connectivity index (χ1n) is 10.5. The fourth-order valence-electron chi connectivity index (χ4n) is 3.13. The number of methoxy groups -OCH3 is 1. The minimum atomic E-state index is -0.706. The van der Waals surface area contributed by atoms with Crippen LogP contribution in [0, 0.1) is 0 Å². The van der Waals surface area contributed by atoms with Gasteiger partial charge in [0.15, 0.2) is 0 Å². The molecule has 1 unspecified atom stereocenters. The van der Waals surface area contributed by atoms with Gasteiger partial charge in [-0.05, 0) is 42.0 Å². The van der Waals surface area contributed by atoms with Gasteiger partial charge in [0, 0.05) is 30.9 Å². The molecule has 7 nitrogen and oxygen atoms in total. The summed E-state index contributed by atoms with van der Waals surface area (Å²) in [5, 5.41) is 11.7. The Hall–Kier alpha value is -4.00. The van der Waals surface area contributed by atoms with Gasteiger partial charge in [-0.2, -0.15) is 0 Å². The molecule has 4 N–H and O–H groups in total.